The van der Waals surface area contributed by atoms with Crippen LogP contribution in [0.4, 0.5) is 4.79 Å². The Kier molecular flexibility index (Phi) is 4.98. The molecule has 1 N–H and O–H groups in total. The van der Waals surface area contributed by atoms with Crippen LogP contribution in [0.1, 0.15) is 6.42 Å². The number of hydrogen-bond donors (Lipinski definition) is 1. The summed E-state index contributed by atoms with van der Waals surface area (Å²) in [5.74, 6) is 0.0918. The Morgan fingerprint density at radius 2 is 1.58 bits per heavy atom. The van der Waals surface area contributed by atoms with Gasteiger partial charge in [-0.05, 0) is 6.42 Å². The zero-order chi connectivity index (χ0) is 13.7. The lowest BCUT2D eigenvalue weighted by molar-refractivity contribution is -0.133. The van der Waals surface area contributed by atoms with E-state index in [9.17, 15) is 9.59 Å². The molecule has 2 aliphatic heterocycles. The van der Waals surface area contributed by atoms with Crippen LogP contribution in [-0.2, 0) is 9.53 Å². The maximum absolute atomic E-state index is 12.2. The second-order valence-corrected chi connectivity index (χ2v) is 4.89. The van der Waals surface area contributed by atoms with Crippen molar-refractivity contribution < 1.29 is 19.4 Å². The molecular weight excluding hydrogens is 250 g/mol. The van der Waals surface area contributed by atoms with E-state index >= 15 is 0 Å². The molecule has 2 heterocycles. The molecule has 2 fully saturated rings. The molecule has 0 aromatic heterocycles. The lowest BCUT2D eigenvalue weighted by Gasteiger charge is -2.29. The van der Waals surface area contributed by atoms with E-state index in [1.165, 1.54) is 4.90 Å². The molecule has 7 nitrogen and oxygen atoms in total. The molecule has 0 aromatic rings. The van der Waals surface area contributed by atoms with Gasteiger partial charge in [0.2, 0.25) is 5.91 Å². The van der Waals surface area contributed by atoms with Gasteiger partial charge in [0, 0.05) is 39.3 Å². The van der Waals surface area contributed by atoms with Crippen LogP contribution in [-0.4, -0.2) is 90.8 Å². The third-order valence-electron chi connectivity index (χ3n) is 3.58. The number of ether oxygens (including phenoxy) is 1. The second kappa shape index (κ2) is 6.72. The van der Waals surface area contributed by atoms with Crippen molar-refractivity contribution in [2.24, 2.45) is 0 Å². The van der Waals surface area contributed by atoms with E-state index in [0.717, 1.165) is 13.1 Å². The predicted molar refractivity (Wildman–Crippen MR) is 68.1 cm³/mol. The zero-order valence-electron chi connectivity index (χ0n) is 11.1. The molecule has 2 amide bonds. The van der Waals surface area contributed by atoms with E-state index < -0.39 is 6.09 Å². The first-order valence-corrected chi connectivity index (χ1v) is 6.72. The van der Waals surface area contributed by atoms with Crippen LogP contribution in [0.5, 0.6) is 0 Å². The van der Waals surface area contributed by atoms with Crippen LogP contribution in [0.25, 0.3) is 0 Å². The molecule has 2 saturated heterocycles. The van der Waals surface area contributed by atoms with Gasteiger partial charge in [0.1, 0.15) is 0 Å². The van der Waals surface area contributed by atoms with Gasteiger partial charge < -0.3 is 19.6 Å². The van der Waals surface area contributed by atoms with Gasteiger partial charge in [-0.15, -0.1) is 0 Å². The zero-order valence-corrected chi connectivity index (χ0v) is 11.1. The molecular formula is C12H21N3O4. The molecule has 0 atom stereocenters. The topological polar surface area (TPSA) is 73.3 Å². The number of hydrogen-bond acceptors (Lipinski definition) is 4. The smallest absolute Gasteiger partial charge is 0.407 e. The van der Waals surface area contributed by atoms with Crippen molar-refractivity contribution in [2.75, 3.05) is 59.0 Å². The van der Waals surface area contributed by atoms with E-state index in [-0.39, 0.29) is 5.91 Å². The van der Waals surface area contributed by atoms with Gasteiger partial charge >= 0.3 is 6.09 Å². The van der Waals surface area contributed by atoms with Gasteiger partial charge in [-0.25, -0.2) is 4.79 Å². The van der Waals surface area contributed by atoms with Crippen LogP contribution in [0, 0.1) is 0 Å². The Bertz CT molecular complexity index is 331. The largest absolute Gasteiger partial charge is 0.465 e. The highest BCUT2D eigenvalue weighted by Crippen LogP contribution is 2.05. The fourth-order valence-corrected chi connectivity index (χ4v) is 2.41. The van der Waals surface area contributed by atoms with Gasteiger partial charge in [-0.3, -0.25) is 9.69 Å². The summed E-state index contributed by atoms with van der Waals surface area (Å²) in [6.07, 6.45) is -0.191. The molecule has 0 unspecified atom stereocenters. The predicted octanol–water partition coefficient (Wildman–Crippen LogP) is -0.469. The summed E-state index contributed by atoms with van der Waals surface area (Å²) in [5, 5.41) is 8.95. The van der Waals surface area contributed by atoms with Crippen molar-refractivity contribution in [3.05, 3.63) is 0 Å². The lowest BCUT2D eigenvalue weighted by Crippen LogP contribution is -2.45. The van der Waals surface area contributed by atoms with Crippen LogP contribution < -0.4 is 0 Å². The molecule has 0 spiro atoms. The van der Waals surface area contributed by atoms with Crippen molar-refractivity contribution in [3.63, 3.8) is 0 Å². The Morgan fingerprint density at radius 3 is 2.26 bits per heavy atom. The van der Waals surface area contributed by atoms with Crippen LogP contribution >= 0.6 is 0 Å². The minimum absolute atomic E-state index is 0.0918. The first kappa shape index (κ1) is 14.1. The monoisotopic (exact) mass is 271 g/mol. The number of rotatable bonds is 2. The molecule has 2 rings (SSSR count). The molecule has 108 valence electrons. The average molecular weight is 271 g/mol. The van der Waals surface area contributed by atoms with Gasteiger partial charge in [0.25, 0.3) is 0 Å². The maximum atomic E-state index is 12.2. The fraction of sp³-hybridized carbons (Fsp3) is 0.833. The van der Waals surface area contributed by atoms with Gasteiger partial charge in [0.15, 0.2) is 0 Å². The molecule has 0 saturated carbocycles. The molecule has 7 heteroatoms. The fourth-order valence-electron chi connectivity index (χ4n) is 2.41. The van der Waals surface area contributed by atoms with Crippen molar-refractivity contribution in [3.8, 4) is 0 Å². The van der Waals surface area contributed by atoms with E-state index in [4.69, 9.17) is 9.84 Å². The molecule has 0 aliphatic carbocycles. The number of carbonyl (C=O) groups excluding carboxylic acids is 1. The summed E-state index contributed by atoms with van der Waals surface area (Å²) in [7, 11) is 0. The maximum Gasteiger partial charge on any atom is 0.407 e. The van der Waals surface area contributed by atoms with Gasteiger partial charge in [-0.1, -0.05) is 0 Å². The quantitative estimate of drug-likeness (QED) is 0.735. The summed E-state index contributed by atoms with van der Waals surface area (Å²) >= 11 is 0. The molecule has 0 aromatic carbocycles. The normalized spacial score (nSPS) is 22.1. The number of morpholine rings is 1. The molecule has 0 bridgehead atoms. The number of carboxylic acid groups (broad SMARTS) is 1. The lowest BCUT2D eigenvalue weighted by atomic mass is 10.3. The van der Waals surface area contributed by atoms with Crippen molar-refractivity contribution in [1.29, 1.82) is 0 Å². The molecule has 19 heavy (non-hydrogen) atoms. The summed E-state index contributed by atoms with van der Waals surface area (Å²) in [6, 6.07) is 0. The number of amides is 2. The highest BCUT2D eigenvalue weighted by atomic mass is 16.5. The van der Waals surface area contributed by atoms with E-state index in [1.54, 1.807) is 4.90 Å². The Hall–Kier alpha value is -1.34. The highest BCUT2D eigenvalue weighted by Gasteiger charge is 2.23. The van der Waals surface area contributed by atoms with Crippen molar-refractivity contribution in [1.82, 2.24) is 14.7 Å². The van der Waals surface area contributed by atoms with Crippen LogP contribution in [0.15, 0.2) is 0 Å². The first-order valence-electron chi connectivity index (χ1n) is 6.72. The van der Waals surface area contributed by atoms with E-state index in [1.807, 2.05) is 0 Å². The molecule has 0 radical (unpaired) electrons. The van der Waals surface area contributed by atoms with Gasteiger partial charge in [0.05, 0.1) is 19.8 Å². The van der Waals surface area contributed by atoms with Crippen LogP contribution in [0.3, 0.4) is 0 Å². The van der Waals surface area contributed by atoms with E-state index in [0.29, 0.717) is 52.4 Å². The summed E-state index contributed by atoms with van der Waals surface area (Å²) in [4.78, 5) is 28.3. The van der Waals surface area contributed by atoms with E-state index in [2.05, 4.69) is 4.90 Å². The summed E-state index contributed by atoms with van der Waals surface area (Å²) in [6.45, 7) is 5.42. The summed E-state index contributed by atoms with van der Waals surface area (Å²) in [5.41, 5.74) is 0. The number of carbonyl (C=O) groups is 2. The molecule has 2 aliphatic rings. The Balaban J connectivity index is 1.80. The third-order valence-corrected chi connectivity index (χ3v) is 3.58. The number of nitrogens with zero attached hydrogens (tertiary/aromatic N) is 3. The highest BCUT2D eigenvalue weighted by molar-refractivity contribution is 5.78. The average Bonchev–Trinajstić information content (AvgIpc) is 2.65. The Labute approximate surface area is 112 Å². The SMILES string of the molecule is O=C(O)N1CCCN(C(=O)CN2CCOCC2)CC1. The Morgan fingerprint density at radius 1 is 0.947 bits per heavy atom. The summed E-state index contributed by atoms with van der Waals surface area (Å²) < 4.78 is 5.25. The van der Waals surface area contributed by atoms with Crippen molar-refractivity contribution >= 4 is 12.0 Å². The first-order chi connectivity index (χ1) is 9.16. The standard InChI is InChI=1S/C12H21N3O4/c16-11(10-13-6-8-19-9-7-13)14-2-1-3-15(5-4-14)12(17)18/h1-10H2,(H,17,18). The second-order valence-electron chi connectivity index (χ2n) is 4.89. The van der Waals surface area contributed by atoms with Crippen LogP contribution in [0.2, 0.25) is 0 Å². The van der Waals surface area contributed by atoms with Crippen molar-refractivity contribution in [2.45, 2.75) is 6.42 Å². The third kappa shape index (κ3) is 4.07. The minimum atomic E-state index is -0.900. The van der Waals surface area contributed by atoms with Gasteiger partial charge in [-0.2, -0.15) is 0 Å². The minimum Gasteiger partial charge on any atom is -0.465 e.